The van der Waals surface area contributed by atoms with Gasteiger partial charge in [-0.1, -0.05) is 26.3 Å². The van der Waals surface area contributed by atoms with E-state index < -0.39 is 0 Å². The molecular weight excluding hydrogens is 250 g/mol. The molecule has 1 aliphatic carbocycles. The predicted molar refractivity (Wildman–Crippen MR) is 82.6 cm³/mol. The van der Waals surface area contributed by atoms with Crippen molar-refractivity contribution in [3.63, 3.8) is 0 Å². The number of hydrogen-bond donors (Lipinski definition) is 1. The van der Waals surface area contributed by atoms with Gasteiger partial charge < -0.3 is 5.32 Å². The van der Waals surface area contributed by atoms with E-state index in [1.165, 1.54) is 0 Å². The van der Waals surface area contributed by atoms with E-state index in [0.29, 0.717) is 0 Å². The number of Topliss-reactive ketones (excluding diaryl/α,β-unsaturated/α-hetero) is 2. The third-order valence-electron chi connectivity index (χ3n) is 5.27. The molecule has 114 valence electrons. The van der Waals surface area contributed by atoms with Crippen LogP contribution in [-0.4, -0.2) is 24.7 Å². The number of likely N-dealkylation sites (N-methyl/N-ethyl adjacent to an activating group) is 1. The SMILES string of the molecule is C=CC(CC)(CC)[C@H](NC)C(=O)[C@H]1CCC[C@H]1C(C)=O. The second-order valence-corrected chi connectivity index (χ2v) is 6.02. The summed E-state index contributed by atoms with van der Waals surface area (Å²) in [5, 5.41) is 3.20. The van der Waals surface area contributed by atoms with Crippen LogP contribution < -0.4 is 5.32 Å². The van der Waals surface area contributed by atoms with E-state index in [4.69, 9.17) is 0 Å². The topological polar surface area (TPSA) is 46.2 Å². The Morgan fingerprint density at radius 2 is 1.85 bits per heavy atom. The Labute approximate surface area is 123 Å². The van der Waals surface area contributed by atoms with Crippen molar-refractivity contribution in [3.8, 4) is 0 Å². The molecule has 0 amide bonds. The Morgan fingerprint density at radius 3 is 2.25 bits per heavy atom. The molecule has 3 atom stereocenters. The number of rotatable bonds is 8. The summed E-state index contributed by atoms with van der Waals surface area (Å²) in [5.74, 6) is 0.179. The van der Waals surface area contributed by atoms with Crippen LogP contribution in [0.25, 0.3) is 0 Å². The minimum atomic E-state index is -0.236. The number of ketones is 2. The summed E-state index contributed by atoms with van der Waals surface area (Å²) < 4.78 is 0. The highest BCUT2D eigenvalue weighted by molar-refractivity contribution is 5.93. The third kappa shape index (κ3) is 3.03. The minimum absolute atomic E-state index is 0.0745. The summed E-state index contributed by atoms with van der Waals surface area (Å²) in [6, 6.07) is -0.236. The molecule has 1 aliphatic rings. The Hall–Kier alpha value is -0.960. The number of hydrogen-bond acceptors (Lipinski definition) is 3. The molecule has 0 aromatic rings. The van der Waals surface area contributed by atoms with Gasteiger partial charge in [-0.05, 0) is 39.7 Å². The van der Waals surface area contributed by atoms with Gasteiger partial charge in [-0.15, -0.1) is 6.58 Å². The maximum absolute atomic E-state index is 13.0. The van der Waals surface area contributed by atoms with Gasteiger partial charge in [0.1, 0.15) is 5.78 Å². The summed E-state index contributed by atoms with van der Waals surface area (Å²) in [7, 11) is 1.84. The molecule has 0 spiro atoms. The van der Waals surface area contributed by atoms with Crippen molar-refractivity contribution >= 4 is 11.6 Å². The van der Waals surface area contributed by atoms with Gasteiger partial charge >= 0.3 is 0 Å². The third-order valence-corrected chi connectivity index (χ3v) is 5.27. The lowest BCUT2D eigenvalue weighted by atomic mass is 9.70. The highest BCUT2D eigenvalue weighted by Gasteiger charge is 2.44. The summed E-state index contributed by atoms with van der Waals surface area (Å²) in [5.41, 5.74) is -0.213. The summed E-state index contributed by atoms with van der Waals surface area (Å²) >= 11 is 0. The Morgan fingerprint density at radius 1 is 1.30 bits per heavy atom. The Balaban J connectivity index is 3.02. The fourth-order valence-corrected chi connectivity index (χ4v) is 3.78. The van der Waals surface area contributed by atoms with Crippen molar-refractivity contribution in [3.05, 3.63) is 12.7 Å². The van der Waals surface area contributed by atoms with Crippen LogP contribution in [0.2, 0.25) is 0 Å². The van der Waals surface area contributed by atoms with E-state index in [1.807, 2.05) is 13.1 Å². The first-order chi connectivity index (χ1) is 9.47. The van der Waals surface area contributed by atoms with Gasteiger partial charge in [-0.2, -0.15) is 0 Å². The second-order valence-electron chi connectivity index (χ2n) is 6.02. The average Bonchev–Trinajstić information content (AvgIpc) is 2.94. The number of carbonyl (C=O) groups excluding carboxylic acids is 2. The van der Waals surface area contributed by atoms with Crippen molar-refractivity contribution in [1.82, 2.24) is 5.32 Å². The van der Waals surface area contributed by atoms with Crippen molar-refractivity contribution in [1.29, 1.82) is 0 Å². The monoisotopic (exact) mass is 279 g/mol. The van der Waals surface area contributed by atoms with Crippen LogP contribution in [0.3, 0.4) is 0 Å². The lowest BCUT2D eigenvalue weighted by Crippen LogP contribution is -2.51. The number of nitrogens with one attached hydrogen (secondary N) is 1. The highest BCUT2D eigenvalue weighted by Crippen LogP contribution is 2.39. The second kappa shape index (κ2) is 7.16. The molecule has 0 unspecified atom stereocenters. The van der Waals surface area contributed by atoms with Crippen LogP contribution in [-0.2, 0) is 9.59 Å². The molecule has 3 heteroatoms. The molecule has 1 fully saturated rings. The van der Waals surface area contributed by atoms with Crippen LogP contribution in [0.15, 0.2) is 12.7 Å². The quantitative estimate of drug-likeness (QED) is 0.694. The van der Waals surface area contributed by atoms with Crippen LogP contribution >= 0.6 is 0 Å². The van der Waals surface area contributed by atoms with Gasteiger partial charge in [-0.25, -0.2) is 0 Å². The van der Waals surface area contributed by atoms with Crippen molar-refractivity contribution in [2.24, 2.45) is 17.3 Å². The van der Waals surface area contributed by atoms with E-state index in [9.17, 15) is 9.59 Å². The molecule has 0 heterocycles. The molecule has 0 aromatic heterocycles. The van der Waals surface area contributed by atoms with Crippen LogP contribution in [0, 0.1) is 17.3 Å². The smallest absolute Gasteiger partial charge is 0.154 e. The number of carbonyl (C=O) groups is 2. The van der Waals surface area contributed by atoms with Gasteiger partial charge in [-0.3, -0.25) is 9.59 Å². The Bertz CT molecular complexity index is 371. The lowest BCUT2D eigenvalue weighted by Gasteiger charge is -2.37. The summed E-state index contributed by atoms with van der Waals surface area (Å²) in [6.07, 6.45) is 6.37. The zero-order valence-corrected chi connectivity index (χ0v) is 13.4. The molecular formula is C17H29NO2. The molecule has 0 aliphatic heterocycles. The molecule has 3 nitrogen and oxygen atoms in total. The van der Waals surface area contributed by atoms with Crippen LogP contribution in [0.1, 0.15) is 52.9 Å². The molecule has 20 heavy (non-hydrogen) atoms. The minimum Gasteiger partial charge on any atom is -0.310 e. The molecule has 0 saturated heterocycles. The predicted octanol–water partition coefficient (Wildman–Crippen LogP) is 3.14. The highest BCUT2D eigenvalue weighted by atomic mass is 16.1. The zero-order valence-electron chi connectivity index (χ0n) is 13.4. The Kier molecular flexibility index (Phi) is 6.12. The van der Waals surface area contributed by atoms with Gasteiger partial charge in [0.2, 0.25) is 0 Å². The maximum atomic E-state index is 13.0. The fourth-order valence-electron chi connectivity index (χ4n) is 3.78. The largest absolute Gasteiger partial charge is 0.310 e. The van der Waals surface area contributed by atoms with E-state index >= 15 is 0 Å². The normalized spacial score (nSPS) is 24.4. The van der Waals surface area contributed by atoms with Gasteiger partial charge in [0.05, 0.1) is 6.04 Å². The zero-order chi connectivity index (χ0) is 15.3. The van der Waals surface area contributed by atoms with Crippen molar-refractivity contribution < 1.29 is 9.59 Å². The van der Waals surface area contributed by atoms with Gasteiger partial charge in [0.15, 0.2) is 5.78 Å². The standard InChI is InChI=1S/C17H29NO2/c1-6-17(7-2,8-3)16(18-5)15(20)14-11-9-10-13(14)12(4)19/h6,13-14,16,18H,1,7-11H2,2-5H3/t13-,14-,16+/m0/s1. The van der Waals surface area contributed by atoms with E-state index in [2.05, 4.69) is 25.7 Å². The van der Waals surface area contributed by atoms with Crippen molar-refractivity contribution in [2.45, 2.75) is 58.9 Å². The maximum Gasteiger partial charge on any atom is 0.154 e. The molecule has 0 aromatic carbocycles. The van der Waals surface area contributed by atoms with Crippen molar-refractivity contribution in [2.75, 3.05) is 7.05 Å². The first-order valence-electron chi connectivity index (χ1n) is 7.82. The molecule has 1 saturated carbocycles. The molecule has 0 radical (unpaired) electrons. The van der Waals surface area contributed by atoms with Crippen LogP contribution in [0.5, 0.6) is 0 Å². The van der Waals surface area contributed by atoms with E-state index in [1.54, 1.807) is 6.92 Å². The molecule has 0 bridgehead atoms. The lowest BCUT2D eigenvalue weighted by molar-refractivity contribution is -0.133. The first-order valence-corrected chi connectivity index (χ1v) is 7.82. The first kappa shape index (κ1) is 17.1. The molecule has 1 rings (SSSR count). The molecule has 1 N–H and O–H groups in total. The van der Waals surface area contributed by atoms with E-state index in [0.717, 1.165) is 32.1 Å². The van der Waals surface area contributed by atoms with Gasteiger partial charge in [0, 0.05) is 17.3 Å². The van der Waals surface area contributed by atoms with Crippen LogP contribution in [0.4, 0.5) is 0 Å². The fraction of sp³-hybridized carbons (Fsp3) is 0.765. The average molecular weight is 279 g/mol. The van der Waals surface area contributed by atoms with E-state index in [-0.39, 0.29) is 34.9 Å². The van der Waals surface area contributed by atoms with Gasteiger partial charge in [0.25, 0.3) is 0 Å². The summed E-state index contributed by atoms with van der Waals surface area (Å²) in [4.78, 5) is 24.7. The summed E-state index contributed by atoms with van der Waals surface area (Å²) in [6.45, 7) is 9.76.